The average Bonchev–Trinajstić information content (AvgIpc) is 3.14. The van der Waals surface area contributed by atoms with Crippen LogP contribution in [0.5, 0.6) is 0 Å². The van der Waals surface area contributed by atoms with Crippen LogP contribution in [0.1, 0.15) is 31.0 Å². The van der Waals surface area contributed by atoms with Gasteiger partial charge in [-0.05, 0) is 36.6 Å². The van der Waals surface area contributed by atoms with Crippen LogP contribution in [0, 0.1) is 6.92 Å². The number of fused-ring (bicyclic) bond motifs is 3. The van der Waals surface area contributed by atoms with Crippen LogP contribution in [0.3, 0.4) is 0 Å². The highest BCUT2D eigenvalue weighted by Gasteiger charge is 2.13. The van der Waals surface area contributed by atoms with Gasteiger partial charge < -0.3 is 4.42 Å². The first-order chi connectivity index (χ1) is 10.6. The first kappa shape index (κ1) is 12.9. The summed E-state index contributed by atoms with van der Waals surface area (Å²) in [5, 5.41) is 8.69. The lowest BCUT2D eigenvalue weighted by molar-refractivity contribution is 0.567. The maximum Gasteiger partial charge on any atom is 0.267 e. The van der Waals surface area contributed by atoms with Crippen molar-refractivity contribution in [3.8, 4) is 11.6 Å². The zero-order chi connectivity index (χ0) is 15.3. The fourth-order valence-electron chi connectivity index (χ4n) is 2.77. The third-order valence-electron chi connectivity index (χ3n) is 3.76. The number of aromatic nitrogens is 5. The van der Waals surface area contributed by atoms with Crippen LogP contribution in [-0.4, -0.2) is 24.6 Å². The van der Waals surface area contributed by atoms with E-state index in [-0.39, 0.29) is 0 Å². The second kappa shape index (κ2) is 4.62. The molecule has 6 nitrogen and oxygen atoms in total. The van der Waals surface area contributed by atoms with Crippen LogP contribution in [0.2, 0.25) is 0 Å². The highest BCUT2D eigenvalue weighted by Crippen LogP contribution is 2.25. The van der Waals surface area contributed by atoms with Crippen molar-refractivity contribution in [2.75, 3.05) is 0 Å². The van der Waals surface area contributed by atoms with Crippen molar-refractivity contribution in [3.63, 3.8) is 0 Å². The molecule has 0 bridgehead atoms. The Morgan fingerprint density at radius 2 is 2.05 bits per heavy atom. The van der Waals surface area contributed by atoms with Gasteiger partial charge >= 0.3 is 0 Å². The van der Waals surface area contributed by atoms with E-state index in [4.69, 9.17) is 9.40 Å². The van der Waals surface area contributed by atoms with Gasteiger partial charge in [-0.1, -0.05) is 13.8 Å². The Labute approximate surface area is 126 Å². The SMILES string of the molecule is Cc1cc2ccc3nc(-c4nnco4)cn3c2nc1C(C)C. The zero-order valence-electron chi connectivity index (χ0n) is 12.6. The quantitative estimate of drug-likeness (QED) is 0.567. The molecule has 4 aromatic rings. The van der Waals surface area contributed by atoms with E-state index >= 15 is 0 Å². The van der Waals surface area contributed by atoms with Gasteiger partial charge in [-0.15, -0.1) is 10.2 Å². The Hall–Kier alpha value is -2.76. The smallest absolute Gasteiger partial charge is 0.267 e. The van der Waals surface area contributed by atoms with Crippen LogP contribution >= 0.6 is 0 Å². The first-order valence-corrected chi connectivity index (χ1v) is 7.19. The van der Waals surface area contributed by atoms with E-state index < -0.39 is 0 Å². The number of imidazole rings is 1. The molecule has 22 heavy (non-hydrogen) atoms. The molecule has 0 saturated carbocycles. The molecule has 0 saturated heterocycles. The maximum absolute atomic E-state index is 5.22. The summed E-state index contributed by atoms with van der Waals surface area (Å²) in [6, 6.07) is 6.18. The van der Waals surface area contributed by atoms with Crippen molar-refractivity contribution in [1.29, 1.82) is 0 Å². The monoisotopic (exact) mass is 293 g/mol. The number of nitrogens with zero attached hydrogens (tertiary/aromatic N) is 5. The van der Waals surface area contributed by atoms with E-state index in [0.717, 1.165) is 22.4 Å². The Bertz CT molecular complexity index is 969. The van der Waals surface area contributed by atoms with Crippen molar-refractivity contribution >= 4 is 16.7 Å². The second-order valence-corrected chi connectivity index (χ2v) is 5.69. The molecule has 0 aliphatic heterocycles. The Balaban J connectivity index is 2.03. The number of hydrogen-bond donors (Lipinski definition) is 0. The lowest BCUT2D eigenvalue weighted by atomic mass is 10.0. The molecule has 0 spiro atoms. The third kappa shape index (κ3) is 1.88. The summed E-state index contributed by atoms with van der Waals surface area (Å²) in [5.41, 5.74) is 4.67. The van der Waals surface area contributed by atoms with Crippen LogP contribution in [0.4, 0.5) is 0 Å². The lowest BCUT2D eigenvalue weighted by Gasteiger charge is -2.11. The van der Waals surface area contributed by atoms with Gasteiger partial charge in [0.25, 0.3) is 5.89 Å². The van der Waals surface area contributed by atoms with Crippen LogP contribution in [0.15, 0.2) is 35.2 Å². The number of hydrogen-bond acceptors (Lipinski definition) is 5. The third-order valence-corrected chi connectivity index (χ3v) is 3.76. The van der Waals surface area contributed by atoms with Gasteiger partial charge in [-0.3, -0.25) is 4.40 Å². The van der Waals surface area contributed by atoms with Crippen LogP contribution in [-0.2, 0) is 0 Å². The summed E-state index contributed by atoms with van der Waals surface area (Å²) < 4.78 is 7.20. The van der Waals surface area contributed by atoms with E-state index in [2.05, 4.69) is 42.0 Å². The molecule has 110 valence electrons. The van der Waals surface area contributed by atoms with Crippen LogP contribution in [0.25, 0.3) is 28.3 Å². The summed E-state index contributed by atoms with van der Waals surface area (Å²) in [6.07, 6.45) is 3.19. The molecule has 0 aliphatic carbocycles. The molecule has 4 rings (SSSR count). The second-order valence-electron chi connectivity index (χ2n) is 5.69. The summed E-state index contributed by atoms with van der Waals surface area (Å²) >= 11 is 0. The molecule has 6 heteroatoms. The van der Waals surface area contributed by atoms with E-state index in [0.29, 0.717) is 17.5 Å². The minimum atomic E-state index is 0.374. The summed E-state index contributed by atoms with van der Waals surface area (Å²) in [5.74, 6) is 0.784. The molecule has 0 unspecified atom stereocenters. The van der Waals surface area contributed by atoms with Crippen molar-refractivity contribution in [2.45, 2.75) is 26.7 Å². The fourth-order valence-corrected chi connectivity index (χ4v) is 2.77. The van der Waals surface area contributed by atoms with Crippen LogP contribution < -0.4 is 0 Å². The summed E-state index contributed by atoms with van der Waals surface area (Å²) in [4.78, 5) is 9.38. The van der Waals surface area contributed by atoms with Crippen molar-refractivity contribution in [3.05, 3.63) is 42.0 Å². The Kier molecular flexibility index (Phi) is 2.72. The minimum Gasteiger partial charge on any atom is -0.422 e. The zero-order valence-corrected chi connectivity index (χ0v) is 12.6. The molecule has 0 aliphatic rings. The minimum absolute atomic E-state index is 0.374. The van der Waals surface area contributed by atoms with E-state index in [1.807, 2.05) is 22.7 Å². The van der Waals surface area contributed by atoms with Gasteiger partial charge in [0, 0.05) is 17.3 Å². The predicted octanol–water partition coefficient (Wildman–Crippen LogP) is 3.36. The topological polar surface area (TPSA) is 69.1 Å². The Morgan fingerprint density at radius 3 is 2.77 bits per heavy atom. The van der Waals surface area contributed by atoms with Gasteiger partial charge in [0.05, 0.1) is 0 Å². The highest BCUT2D eigenvalue weighted by molar-refractivity contribution is 5.80. The molecule has 0 N–H and O–H groups in total. The molecule has 4 heterocycles. The molecule has 0 radical (unpaired) electrons. The summed E-state index contributed by atoms with van der Waals surface area (Å²) in [6.45, 7) is 6.40. The molecule has 0 fully saturated rings. The van der Waals surface area contributed by atoms with Gasteiger partial charge in [0.1, 0.15) is 17.0 Å². The van der Waals surface area contributed by atoms with Gasteiger partial charge in [0.15, 0.2) is 0 Å². The van der Waals surface area contributed by atoms with E-state index in [9.17, 15) is 0 Å². The maximum atomic E-state index is 5.22. The largest absolute Gasteiger partial charge is 0.422 e. The Morgan fingerprint density at radius 1 is 1.18 bits per heavy atom. The first-order valence-electron chi connectivity index (χ1n) is 7.19. The molecule has 0 atom stereocenters. The molecular formula is C16H15N5O. The standard InChI is InChI=1S/C16H15N5O/c1-9(2)14-10(3)6-11-4-5-13-18-12(16-20-17-8-22-16)7-21(13)15(11)19-14/h4-9H,1-3H3. The molecular weight excluding hydrogens is 278 g/mol. The number of aryl methyl sites for hydroxylation is 1. The van der Waals surface area contributed by atoms with Crippen molar-refractivity contribution in [2.24, 2.45) is 0 Å². The van der Waals surface area contributed by atoms with Crippen molar-refractivity contribution < 1.29 is 4.42 Å². The normalized spacial score (nSPS) is 11.8. The molecule has 4 aromatic heterocycles. The molecule has 0 aromatic carbocycles. The van der Waals surface area contributed by atoms with Gasteiger partial charge in [-0.2, -0.15) is 0 Å². The van der Waals surface area contributed by atoms with Crippen molar-refractivity contribution in [1.82, 2.24) is 24.6 Å². The van der Waals surface area contributed by atoms with Gasteiger partial charge in [-0.25, -0.2) is 9.97 Å². The fraction of sp³-hybridized carbons (Fsp3) is 0.250. The predicted molar refractivity (Wildman–Crippen MR) is 82.6 cm³/mol. The van der Waals surface area contributed by atoms with E-state index in [1.165, 1.54) is 12.0 Å². The number of rotatable bonds is 2. The average molecular weight is 293 g/mol. The summed E-state index contributed by atoms with van der Waals surface area (Å²) in [7, 11) is 0. The van der Waals surface area contributed by atoms with Gasteiger partial charge in [0.2, 0.25) is 6.39 Å². The number of pyridine rings is 2. The lowest BCUT2D eigenvalue weighted by Crippen LogP contribution is -2.00. The molecule has 0 amide bonds. The van der Waals surface area contributed by atoms with E-state index in [1.54, 1.807) is 0 Å². The highest BCUT2D eigenvalue weighted by atomic mass is 16.4.